The van der Waals surface area contributed by atoms with Gasteiger partial charge in [-0.15, -0.1) is 0 Å². The molecule has 0 aliphatic heterocycles. The van der Waals surface area contributed by atoms with Gasteiger partial charge in [-0.2, -0.15) is 0 Å². The molecule has 0 amide bonds. The topological polar surface area (TPSA) is 69.4 Å². The minimum absolute atomic E-state index is 0.0615. The van der Waals surface area contributed by atoms with Crippen molar-refractivity contribution in [3.8, 4) is 0 Å². The van der Waals surface area contributed by atoms with Crippen LogP contribution in [0.15, 0.2) is 0 Å². The number of ether oxygens (including phenoxy) is 1. The van der Waals surface area contributed by atoms with Crippen LogP contribution in [0.25, 0.3) is 0 Å². The van der Waals surface area contributed by atoms with Gasteiger partial charge < -0.3 is 15.3 Å². The number of carbonyl (C=O) groups is 2. The van der Waals surface area contributed by atoms with Crippen LogP contribution in [0.1, 0.15) is 44.9 Å². The first-order chi connectivity index (χ1) is 7.76. The average Bonchev–Trinajstić information content (AvgIpc) is 2.29. The van der Waals surface area contributed by atoms with Gasteiger partial charge in [-0.3, -0.25) is 4.79 Å². The van der Waals surface area contributed by atoms with Crippen LogP contribution in [-0.4, -0.2) is 24.9 Å². The van der Waals surface area contributed by atoms with E-state index in [1.54, 1.807) is 0 Å². The quantitative estimate of drug-likeness (QED) is 0.550. The van der Waals surface area contributed by atoms with Crippen molar-refractivity contribution in [2.75, 3.05) is 6.54 Å². The van der Waals surface area contributed by atoms with Crippen LogP contribution in [0, 0.1) is 5.92 Å². The Morgan fingerprint density at radius 3 is 2.62 bits per heavy atom. The molecule has 1 saturated carbocycles. The van der Waals surface area contributed by atoms with Crippen LogP contribution in [0.5, 0.6) is 0 Å². The lowest BCUT2D eigenvalue weighted by molar-refractivity contribution is -0.151. The predicted octanol–water partition coefficient (Wildman–Crippen LogP) is 1.42. The van der Waals surface area contributed by atoms with E-state index in [0.717, 1.165) is 32.0 Å². The van der Waals surface area contributed by atoms with Crippen molar-refractivity contribution in [1.82, 2.24) is 0 Å². The summed E-state index contributed by atoms with van der Waals surface area (Å²) < 4.78 is 5.36. The molecule has 0 aromatic heterocycles. The van der Waals surface area contributed by atoms with Gasteiger partial charge in [0.1, 0.15) is 12.4 Å². The highest BCUT2D eigenvalue weighted by atomic mass is 16.5. The second-order valence-corrected chi connectivity index (χ2v) is 4.46. The van der Waals surface area contributed by atoms with Gasteiger partial charge >= 0.3 is 5.97 Å². The summed E-state index contributed by atoms with van der Waals surface area (Å²) in [5.74, 6) is -0.266. The molecule has 0 radical (unpaired) electrons. The van der Waals surface area contributed by atoms with E-state index in [0.29, 0.717) is 13.0 Å². The fourth-order valence-corrected chi connectivity index (χ4v) is 2.05. The standard InChI is InChI=1S/C12H21NO3/c13-9-10(6-7-14)8-12(15)16-11-4-2-1-3-5-11/h7,10-11H,1-6,8-9,13H2. The van der Waals surface area contributed by atoms with Crippen molar-refractivity contribution >= 4 is 12.3 Å². The third-order valence-corrected chi connectivity index (χ3v) is 3.07. The van der Waals surface area contributed by atoms with Crippen molar-refractivity contribution in [2.45, 2.75) is 51.0 Å². The zero-order valence-electron chi connectivity index (χ0n) is 9.69. The van der Waals surface area contributed by atoms with Gasteiger partial charge in [-0.25, -0.2) is 0 Å². The number of nitrogens with two attached hydrogens (primary N) is 1. The number of aldehydes is 1. The van der Waals surface area contributed by atoms with E-state index in [1.807, 2.05) is 0 Å². The van der Waals surface area contributed by atoms with Crippen LogP contribution < -0.4 is 5.73 Å². The van der Waals surface area contributed by atoms with Crippen LogP contribution >= 0.6 is 0 Å². The largest absolute Gasteiger partial charge is 0.462 e. The van der Waals surface area contributed by atoms with Gasteiger partial charge in [0, 0.05) is 12.8 Å². The Balaban J connectivity index is 2.25. The van der Waals surface area contributed by atoms with E-state index in [1.165, 1.54) is 6.42 Å². The number of hydrogen-bond acceptors (Lipinski definition) is 4. The number of esters is 1. The first kappa shape index (κ1) is 13.2. The van der Waals surface area contributed by atoms with Gasteiger partial charge in [0.15, 0.2) is 0 Å². The second-order valence-electron chi connectivity index (χ2n) is 4.46. The predicted molar refractivity (Wildman–Crippen MR) is 60.8 cm³/mol. The maximum absolute atomic E-state index is 11.6. The van der Waals surface area contributed by atoms with Crippen LogP contribution in [0.3, 0.4) is 0 Å². The molecule has 0 saturated heterocycles. The van der Waals surface area contributed by atoms with Crippen LogP contribution in [0.2, 0.25) is 0 Å². The normalized spacial score (nSPS) is 19.1. The lowest BCUT2D eigenvalue weighted by Crippen LogP contribution is -2.25. The summed E-state index contributed by atoms with van der Waals surface area (Å²) in [6.07, 6.45) is 7.01. The molecule has 4 nitrogen and oxygen atoms in total. The molecule has 1 rings (SSSR count). The molecule has 1 aliphatic carbocycles. The summed E-state index contributed by atoms with van der Waals surface area (Å²) in [7, 11) is 0. The van der Waals surface area contributed by atoms with Gasteiger partial charge in [-0.1, -0.05) is 6.42 Å². The molecule has 4 heteroatoms. The Hall–Kier alpha value is -0.900. The van der Waals surface area contributed by atoms with Gasteiger partial charge in [0.25, 0.3) is 0 Å². The molecule has 2 N–H and O–H groups in total. The highest BCUT2D eigenvalue weighted by molar-refractivity contribution is 5.70. The average molecular weight is 227 g/mol. The van der Waals surface area contributed by atoms with Gasteiger partial charge in [0.2, 0.25) is 0 Å². The fourth-order valence-electron chi connectivity index (χ4n) is 2.05. The van der Waals surface area contributed by atoms with Gasteiger partial charge in [0.05, 0.1) is 0 Å². The second kappa shape index (κ2) is 7.39. The van der Waals surface area contributed by atoms with E-state index >= 15 is 0 Å². The molecule has 92 valence electrons. The highest BCUT2D eigenvalue weighted by Gasteiger charge is 2.19. The molecule has 0 spiro atoms. The van der Waals surface area contributed by atoms with Crippen molar-refractivity contribution in [2.24, 2.45) is 11.7 Å². The molecule has 16 heavy (non-hydrogen) atoms. The number of rotatable bonds is 6. The summed E-state index contributed by atoms with van der Waals surface area (Å²) in [5.41, 5.74) is 5.47. The molecule has 0 heterocycles. The highest BCUT2D eigenvalue weighted by Crippen LogP contribution is 2.21. The van der Waals surface area contributed by atoms with Crippen molar-refractivity contribution < 1.29 is 14.3 Å². The minimum Gasteiger partial charge on any atom is -0.462 e. The summed E-state index contributed by atoms with van der Waals surface area (Å²) in [5, 5.41) is 0. The van der Waals surface area contributed by atoms with E-state index in [9.17, 15) is 9.59 Å². The molecule has 0 bridgehead atoms. The third kappa shape index (κ3) is 4.75. The van der Waals surface area contributed by atoms with Crippen molar-refractivity contribution in [3.63, 3.8) is 0 Å². The van der Waals surface area contributed by atoms with Crippen molar-refractivity contribution in [3.05, 3.63) is 0 Å². The monoisotopic (exact) mass is 227 g/mol. The van der Waals surface area contributed by atoms with Crippen LogP contribution in [-0.2, 0) is 14.3 Å². The van der Waals surface area contributed by atoms with Crippen LogP contribution in [0.4, 0.5) is 0 Å². The summed E-state index contributed by atoms with van der Waals surface area (Å²) >= 11 is 0. The maximum atomic E-state index is 11.6. The Kier molecular flexibility index (Phi) is 6.08. The summed E-state index contributed by atoms with van der Waals surface area (Å²) in [6.45, 7) is 0.360. The third-order valence-electron chi connectivity index (χ3n) is 3.07. The minimum atomic E-state index is -0.204. The zero-order chi connectivity index (χ0) is 11.8. The SMILES string of the molecule is NCC(CC=O)CC(=O)OC1CCCCC1. The van der Waals surface area contributed by atoms with Crippen molar-refractivity contribution in [1.29, 1.82) is 0 Å². The first-order valence-corrected chi connectivity index (χ1v) is 6.09. The number of carbonyl (C=O) groups excluding carboxylic acids is 2. The smallest absolute Gasteiger partial charge is 0.306 e. The number of hydrogen-bond donors (Lipinski definition) is 1. The van der Waals surface area contributed by atoms with E-state index < -0.39 is 0 Å². The zero-order valence-corrected chi connectivity index (χ0v) is 9.69. The Bertz CT molecular complexity index is 224. The lowest BCUT2D eigenvalue weighted by atomic mass is 9.97. The molecule has 1 unspecified atom stereocenters. The molecular weight excluding hydrogens is 206 g/mol. The van der Waals surface area contributed by atoms with E-state index in [-0.39, 0.29) is 24.4 Å². The first-order valence-electron chi connectivity index (χ1n) is 6.09. The Morgan fingerprint density at radius 2 is 2.06 bits per heavy atom. The Morgan fingerprint density at radius 1 is 1.38 bits per heavy atom. The molecule has 1 atom stereocenters. The summed E-state index contributed by atoms with van der Waals surface area (Å²) in [6, 6.07) is 0. The van der Waals surface area contributed by atoms with E-state index in [4.69, 9.17) is 10.5 Å². The lowest BCUT2D eigenvalue weighted by Gasteiger charge is -2.22. The Labute approximate surface area is 96.5 Å². The molecule has 0 aromatic rings. The van der Waals surface area contributed by atoms with E-state index in [2.05, 4.69) is 0 Å². The fraction of sp³-hybridized carbons (Fsp3) is 0.833. The van der Waals surface area contributed by atoms with Gasteiger partial charge in [-0.05, 0) is 38.1 Å². The molecular formula is C12H21NO3. The molecule has 0 aromatic carbocycles. The maximum Gasteiger partial charge on any atom is 0.306 e. The summed E-state index contributed by atoms with van der Waals surface area (Å²) in [4.78, 5) is 21.9. The molecule has 1 fully saturated rings. The molecule has 1 aliphatic rings.